The Bertz CT molecular complexity index is 1380. The standard InChI is InChI=1S/C29H34N4O5/c1-17(2)12-24(32-27(36)22-10-7-11-33(5)29(22)38)28(37)31-23(14-25(34)35)20-13-21(16-30-15-20)26-18(3)8-6-9-19(26)4/h6-11,13,15-17,23-24H,12,14H2,1-5H3,(H,31,37)(H,32,36)(H,34,35)/t23-,24-/m0/s1. The highest BCUT2D eigenvalue weighted by molar-refractivity contribution is 5.97. The van der Waals surface area contributed by atoms with Gasteiger partial charge in [-0.15, -0.1) is 0 Å². The molecule has 2 atom stereocenters. The summed E-state index contributed by atoms with van der Waals surface area (Å²) in [5, 5.41) is 15.1. The number of aromatic nitrogens is 2. The molecule has 0 saturated carbocycles. The molecule has 0 aliphatic rings. The minimum atomic E-state index is -1.09. The summed E-state index contributed by atoms with van der Waals surface area (Å²) in [6.45, 7) is 7.79. The fraction of sp³-hybridized carbons (Fsp3) is 0.345. The number of aryl methyl sites for hydroxylation is 3. The fourth-order valence-electron chi connectivity index (χ4n) is 4.46. The number of aliphatic carboxylic acids is 1. The number of benzene rings is 1. The lowest BCUT2D eigenvalue weighted by Gasteiger charge is -2.24. The molecule has 200 valence electrons. The van der Waals surface area contributed by atoms with Gasteiger partial charge < -0.3 is 20.3 Å². The molecule has 2 amide bonds. The zero-order valence-electron chi connectivity index (χ0n) is 22.3. The van der Waals surface area contributed by atoms with Gasteiger partial charge in [0.1, 0.15) is 11.6 Å². The molecule has 38 heavy (non-hydrogen) atoms. The molecule has 0 saturated heterocycles. The minimum absolute atomic E-state index is 0.0385. The second kappa shape index (κ2) is 12.3. The van der Waals surface area contributed by atoms with Crippen molar-refractivity contribution < 1.29 is 19.5 Å². The van der Waals surface area contributed by atoms with Crippen LogP contribution < -0.4 is 16.2 Å². The van der Waals surface area contributed by atoms with Crippen LogP contribution in [-0.4, -0.2) is 38.5 Å². The van der Waals surface area contributed by atoms with Crippen molar-refractivity contribution in [3.05, 3.63) is 87.6 Å². The van der Waals surface area contributed by atoms with E-state index in [0.29, 0.717) is 12.0 Å². The van der Waals surface area contributed by atoms with Gasteiger partial charge in [-0.05, 0) is 66.6 Å². The molecule has 0 bridgehead atoms. The minimum Gasteiger partial charge on any atom is -0.481 e. The number of carbonyl (C=O) groups is 3. The second-order valence-corrected chi connectivity index (χ2v) is 9.93. The van der Waals surface area contributed by atoms with Crippen LogP contribution in [0.2, 0.25) is 0 Å². The average Bonchev–Trinajstić information content (AvgIpc) is 2.84. The normalized spacial score (nSPS) is 12.6. The van der Waals surface area contributed by atoms with Crippen LogP contribution in [0.1, 0.15) is 59.8 Å². The van der Waals surface area contributed by atoms with Gasteiger partial charge in [0, 0.05) is 31.2 Å². The lowest BCUT2D eigenvalue weighted by atomic mass is 9.94. The Hall–Kier alpha value is -4.27. The molecule has 3 N–H and O–H groups in total. The van der Waals surface area contributed by atoms with Gasteiger partial charge in [-0.3, -0.25) is 24.2 Å². The number of nitrogens with one attached hydrogen (secondary N) is 2. The molecule has 0 aliphatic heterocycles. The third-order valence-corrected chi connectivity index (χ3v) is 6.32. The molecular formula is C29H34N4O5. The Morgan fingerprint density at radius 2 is 1.71 bits per heavy atom. The van der Waals surface area contributed by atoms with E-state index in [-0.39, 0.29) is 17.9 Å². The Morgan fingerprint density at radius 3 is 2.34 bits per heavy atom. The van der Waals surface area contributed by atoms with Gasteiger partial charge in [-0.2, -0.15) is 0 Å². The van der Waals surface area contributed by atoms with E-state index >= 15 is 0 Å². The Morgan fingerprint density at radius 1 is 1.03 bits per heavy atom. The third-order valence-electron chi connectivity index (χ3n) is 6.32. The summed E-state index contributed by atoms with van der Waals surface area (Å²) in [6.07, 6.45) is 4.71. The van der Waals surface area contributed by atoms with E-state index < -0.39 is 35.4 Å². The molecule has 3 aromatic rings. The molecule has 0 unspecified atom stereocenters. The highest BCUT2D eigenvalue weighted by Crippen LogP contribution is 2.29. The number of carbonyl (C=O) groups excluding carboxylic acids is 2. The summed E-state index contributed by atoms with van der Waals surface area (Å²) in [5.74, 6) is -2.26. The van der Waals surface area contributed by atoms with E-state index in [1.165, 1.54) is 30.1 Å². The zero-order valence-corrected chi connectivity index (χ0v) is 22.3. The van der Waals surface area contributed by atoms with Gasteiger partial charge in [-0.1, -0.05) is 32.0 Å². The van der Waals surface area contributed by atoms with Crippen LogP contribution in [0.3, 0.4) is 0 Å². The van der Waals surface area contributed by atoms with Gasteiger partial charge in [0.2, 0.25) is 5.91 Å². The molecule has 1 aromatic carbocycles. The summed E-state index contributed by atoms with van der Waals surface area (Å²) >= 11 is 0. The number of carboxylic acids is 1. The van der Waals surface area contributed by atoms with Crippen LogP contribution in [0.25, 0.3) is 11.1 Å². The fourth-order valence-corrected chi connectivity index (χ4v) is 4.46. The molecule has 2 heterocycles. The predicted molar refractivity (Wildman–Crippen MR) is 145 cm³/mol. The summed E-state index contributed by atoms with van der Waals surface area (Å²) in [4.78, 5) is 54.8. The van der Waals surface area contributed by atoms with E-state index in [1.807, 2.05) is 52.0 Å². The van der Waals surface area contributed by atoms with Crippen molar-refractivity contribution in [1.82, 2.24) is 20.2 Å². The number of hydrogen-bond acceptors (Lipinski definition) is 5. The highest BCUT2D eigenvalue weighted by Gasteiger charge is 2.27. The number of amides is 2. The monoisotopic (exact) mass is 518 g/mol. The number of pyridine rings is 2. The van der Waals surface area contributed by atoms with E-state index in [4.69, 9.17) is 0 Å². The van der Waals surface area contributed by atoms with E-state index in [1.54, 1.807) is 12.3 Å². The van der Waals surface area contributed by atoms with Crippen molar-refractivity contribution >= 4 is 17.8 Å². The Labute approximate surface area is 221 Å². The first-order valence-electron chi connectivity index (χ1n) is 12.5. The molecule has 2 aromatic heterocycles. The smallest absolute Gasteiger partial charge is 0.305 e. The second-order valence-electron chi connectivity index (χ2n) is 9.93. The SMILES string of the molecule is Cc1cccc(C)c1-c1cncc([C@H](CC(=O)O)NC(=O)[C@H](CC(C)C)NC(=O)c2cccn(C)c2=O)c1. The van der Waals surface area contributed by atoms with Crippen LogP contribution in [0, 0.1) is 19.8 Å². The van der Waals surface area contributed by atoms with Gasteiger partial charge in [0.15, 0.2) is 0 Å². The van der Waals surface area contributed by atoms with Crippen LogP contribution in [0.5, 0.6) is 0 Å². The lowest BCUT2D eigenvalue weighted by Crippen LogP contribution is -2.49. The first-order chi connectivity index (χ1) is 18.0. The zero-order chi connectivity index (χ0) is 28.0. The predicted octanol–water partition coefficient (Wildman–Crippen LogP) is 3.54. The van der Waals surface area contributed by atoms with E-state index in [9.17, 15) is 24.3 Å². The first-order valence-corrected chi connectivity index (χ1v) is 12.5. The number of rotatable bonds is 10. The van der Waals surface area contributed by atoms with Crippen molar-refractivity contribution in [3.8, 4) is 11.1 Å². The topological polar surface area (TPSA) is 130 Å². The maximum atomic E-state index is 13.4. The molecule has 9 heteroatoms. The molecule has 0 aliphatic carbocycles. The molecule has 0 spiro atoms. The summed E-state index contributed by atoms with van der Waals surface area (Å²) < 4.78 is 1.28. The maximum Gasteiger partial charge on any atom is 0.305 e. The molecule has 9 nitrogen and oxygen atoms in total. The van der Waals surface area contributed by atoms with Crippen LogP contribution in [0.4, 0.5) is 0 Å². The van der Waals surface area contributed by atoms with Gasteiger partial charge in [0.25, 0.3) is 11.5 Å². The largest absolute Gasteiger partial charge is 0.481 e. The summed E-state index contributed by atoms with van der Waals surface area (Å²) in [5.41, 5.74) is 3.89. The molecule has 0 radical (unpaired) electrons. The van der Waals surface area contributed by atoms with Crippen molar-refractivity contribution in [3.63, 3.8) is 0 Å². The molecule has 0 fully saturated rings. The molecule has 3 rings (SSSR count). The van der Waals surface area contributed by atoms with E-state index in [2.05, 4.69) is 15.6 Å². The van der Waals surface area contributed by atoms with Crippen molar-refractivity contribution in [1.29, 1.82) is 0 Å². The average molecular weight is 519 g/mol. The quantitative estimate of drug-likeness (QED) is 0.376. The summed E-state index contributed by atoms with van der Waals surface area (Å²) in [7, 11) is 1.54. The highest BCUT2D eigenvalue weighted by atomic mass is 16.4. The summed E-state index contributed by atoms with van der Waals surface area (Å²) in [6, 6.07) is 8.90. The van der Waals surface area contributed by atoms with Crippen molar-refractivity contribution in [2.75, 3.05) is 0 Å². The number of carboxylic acid groups (broad SMARTS) is 1. The Kier molecular flexibility index (Phi) is 9.17. The van der Waals surface area contributed by atoms with Gasteiger partial charge >= 0.3 is 5.97 Å². The Balaban J connectivity index is 1.90. The lowest BCUT2D eigenvalue weighted by molar-refractivity contribution is -0.137. The molecular weight excluding hydrogens is 484 g/mol. The van der Waals surface area contributed by atoms with Crippen LogP contribution in [-0.2, 0) is 16.6 Å². The van der Waals surface area contributed by atoms with E-state index in [0.717, 1.165) is 22.3 Å². The van der Waals surface area contributed by atoms with Crippen molar-refractivity contribution in [2.24, 2.45) is 13.0 Å². The third kappa shape index (κ3) is 6.94. The van der Waals surface area contributed by atoms with Gasteiger partial charge in [0.05, 0.1) is 12.5 Å². The van der Waals surface area contributed by atoms with Crippen molar-refractivity contribution in [2.45, 2.75) is 52.6 Å². The number of nitrogens with zero attached hydrogens (tertiary/aromatic N) is 2. The van der Waals surface area contributed by atoms with Crippen LogP contribution in [0.15, 0.2) is 59.8 Å². The number of hydrogen-bond donors (Lipinski definition) is 3. The first kappa shape index (κ1) is 28.3. The van der Waals surface area contributed by atoms with Gasteiger partial charge in [-0.25, -0.2) is 0 Å². The van der Waals surface area contributed by atoms with Crippen LogP contribution >= 0.6 is 0 Å². The maximum absolute atomic E-state index is 13.4.